The van der Waals surface area contributed by atoms with Crippen LogP contribution in [-0.4, -0.2) is 27.9 Å². The maximum Gasteiger partial charge on any atom is 0.301 e. The van der Waals surface area contributed by atoms with E-state index in [0.717, 1.165) is 5.56 Å². The highest BCUT2D eigenvalue weighted by Gasteiger charge is 2.13. The Hall–Kier alpha value is -3.48. The summed E-state index contributed by atoms with van der Waals surface area (Å²) in [6.45, 7) is 1.89. The van der Waals surface area contributed by atoms with E-state index in [1.807, 2.05) is 36.4 Å². The molecule has 0 amide bonds. The molecule has 2 heterocycles. The van der Waals surface area contributed by atoms with Crippen LogP contribution in [0.2, 0.25) is 0 Å². The van der Waals surface area contributed by atoms with Crippen molar-refractivity contribution in [3.8, 4) is 22.8 Å². The zero-order valence-electron chi connectivity index (χ0n) is 13.4. The summed E-state index contributed by atoms with van der Waals surface area (Å²) in [5.74, 6) is 1.76. The average Bonchev–Trinajstić information content (AvgIpc) is 3.10. The molecule has 7 nitrogen and oxygen atoms in total. The topological polar surface area (TPSA) is 78.6 Å². The van der Waals surface area contributed by atoms with Crippen LogP contribution >= 0.6 is 0 Å². The first kappa shape index (κ1) is 15.1. The van der Waals surface area contributed by atoms with Gasteiger partial charge in [0.25, 0.3) is 0 Å². The van der Waals surface area contributed by atoms with Crippen molar-refractivity contribution in [3.63, 3.8) is 0 Å². The van der Waals surface area contributed by atoms with Gasteiger partial charge in [0, 0.05) is 5.56 Å². The molecule has 0 bridgehead atoms. The van der Waals surface area contributed by atoms with Gasteiger partial charge in [0.1, 0.15) is 0 Å². The van der Waals surface area contributed by atoms with E-state index in [2.05, 4.69) is 15.3 Å². The largest absolute Gasteiger partial charge is 0.454 e. The van der Waals surface area contributed by atoms with Gasteiger partial charge in [0.05, 0.1) is 6.21 Å². The highest BCUT2D eigenvalue weighted by Crippen LogP contribution is 2.31. The van der Waals surface area contributed by atoms with Gasteiger partial charge in [0.15, 0.2) is 23.0 Å². The summed E-state index contributed by atoms with van der Waals surface area (Å²) in [6.07, 6.45) is 1.58. The van der Waals surface area contributed by atoms with Crippen LogP contribution in [0.15, 0.2) is 58.4 Å². The van der Waals surface area contributed by atoms with Crippen LogP contribution < -0.4 is 15.0 Å². The van der Waals surface area contributed by atoms with Crippen LogP contribution in [0.3, 0.4) is 0 Å². The van der Waals surface area contributed by atoms with E-state index in [0.29, 0.717) is 22.9 Å². The maximum absolute atomic E-state index is 12.7. The van der Waals surface area contributed by atoms with Crippen molar-refractivity contribution in [1.82, 2.24) is 14.9 Å². The van der Waals surface area contributed by atoms with E-state index in [-0.39, 0.29) is 18.0 Å². The zero-order valence-corrected chi connectivity index (χ0v) is 13.4. The van der Waals surface area contributed by atoms with Gasteiger partial charge in [-0.3, -0.25) is 4.79 Å². The molecule has 0 spiro atoms. The SMILES string of the molecule is Cc1nnc(-c2ccccc2)c(=O)n1/N=C/c1ccc2c(c1)OCO2. The van der Waals surface area contributed by atoms with Crippen molar-refractivity contribution in [3.05, 3.63) is 70.3 Å². The van der Waals surface area contributed by atoms with Crippen LogP contribution in [0, 0.1) is 6.92 Å². The van der Waals surface area contributed by atoms with E-state index in [1.165, 1.54) is 4.68 Å². The van der Waals surface area contributed by atoms with Gasteiger partial charge < -0.3 is 9.47 Å². The number of aromatic nitrogens is 3. The molecule has 1 aromatic heterocycles. The van der Waals surface area contributed by atoms with Gasteiger partial charge in [-0.25, -0.2) is 0 Å². The van der Waals surface area contributed by atoms with Crippen molar-refractivity contribution in [2.75, 3.05) is 6.79 Å². The number of nitrogens with zero attached hydrogens (tertiary/aromatic N) is 4. The van der Waals surface area contributed by atoms with Crippen molar-refractivity contribution in [2.45, 2.75) is 6.92 Å². The molecule has 0 saturated carbocycles. The lowest BCUT2D eigenvalue weighted by molar-refractivity contribution is 0.174. The normalized spacial score (nSPS) is 12.7. The third kappa shape index (κ3) is 2.87. The number of aryl methyl sites for hydroxylation is 1. The lowest BCUT2D eigenvalue weighted by atomic mass is 10.2. The molecule has 3 aromatic rings. The molecule has 0 unspecified atom stereocenters. The molecule has 0 fully saturated rings. The number of hydrogen-bond acceptors (Lipinski definition) is 6. The van der Waals surface area contributed by atoms with E-state index < -0.39 is 0 Å². The highest BCUT2D eigenvalue weighted by atomic mass is 16.7. The van der Waals surface area contributed by atoms with Crippen molar-refractivity contribution < 1.29 is 9.47 Å². The third-order valence-electron chi connectivity index (χ3n) is 3.76. The lowest BCUT2D eigenvalue weighted by Crippen LogP contribution is -2.23. The Morgan fingerprint density at radius 2 is 1.88 bits per heavy atom. The fourth-order valence-electron chi connectivity index (χ4n) is 2.49. The standard InChI is InChI=1S/C18H14N4O3/c1-12-20-21-17(14-5-3-2-4-6-14)18(23)22(12)19-10-13-7-8-15-16(9-13)25-11-24-15/h2-10H,11H2,1H3/b19-10+. The Kier molecular flexibility index (Phi) is 3.74. The van der Waals surface area contributed by atoms with Gasteiger partial charge in [-0.05, 0) is 30.7 Å². The summed E-state index contributed by atoms with van der Waals surface area (Å²) < 4.78 is 11.9. The Morgan fingerprint density at radius 3 is 2.72 bits per heavy atom. The fourth-order valence-corrected chi connectivity index (χ4v) is 2.49. The first-order chi connectivity index (χ1) is 12.2. The minimum atomic E-state index is -0.323. The molecule has 0 N–H and O–H groups in total. The van der Waals surface area contributed by atoms with Crippen LogP contribution in [-0.2, 0) is 0 Å². The maximum atomic E-state index is 12.7. The predicted octanol–water partition coefficient (Wildman–Crippen LogP) is 2.22. The summed E-state index contributed by atoms with van der Waals surface area (Å²) in [7, 11) is 0. The van der Waals surface area contributed by atoms with Gasteiger partial charge in [-0.2, -0.15) is 9.78 Å². The van der Waals surface area contributed by atoms with Crippen LogP contribution in [0.4, 0.5) is 0 Å². The minimum Gasteiger partial charge on any atom is -0.454 e. The van der Waals surface area contributed by atoms with Gasteiger partial charge in [-0.15, -0.1) is 10.2 Å². The summed E-state index contributed by atoms with van der Waals surface area (Å²) >= 11 is 0. The molecular formula is C18H14N4O3. The summed E-state index contributed by atoms with van der Waals surface area (Å²) in [6, 6.07) is 14.6. The molecule has 0 saturated heterocycles. The Balaban J connectivity index is 1.72. The van der Waals surface area contributed by atoms with Crippen molar-refractivity contribution in [1.29, 1.82) is 0 Å². The monoisotopic (exact) mass is 334 g/mol. The van der Waals surface area contributed by atoms with Gasteiger partial charge in [-0.1, -0.05) is 30.3 Å². The quantitative estimate of drug-likeness (QED) is 0.686. The average molecular weight is 334 g/mol. The second-order valence-electron chi connectivity index (χ2n) is 5.44. The minimum absolute atomic E-state index is 0.212. The number of benzene rings is 2. The Bertz CT molecular complexity index is 1010. The predicted molar refractivity (Wildman–Crippen MR) is 92.0 cm³/mol. The molecular weight excluding hydrogens is 320 g/mol. The van der Waals surface area contributed by atoms with E-state index in [1.54, 1.807) is 25.3 Å². The van der Waals surface area contributed by atoms with Crippen molar-refractivity contribution >= 4 is 6.21 Å². The number of hydrogen-bond donors (Lipinski definition) is 0. The second kappa shape index (κ2) is 6.20. The first-order valence-electron chi connectivity index (χ1n) is 7.68. The van der Waals surface area contributed by atoms with Crippen LogP contribution in [0.1, 0.15) is 11.4 Å². The number of ether oxygens (including phenoxy) is 2. The van der Waals surface area contributed by atoms with Gasteiger partial charge in [0.2, 0.25) is 6.79 Å². The molecule has 1 aliphatic rings. The second-order valence-corrected chi connectivity index (χ2v) is 5.44. The van der Waals surface area contributed by atoms with Gasteiger partial charge >= 0.3 is 5.56 Å². The summed E-state index contributed by atoms with van der Waals surface area (Å²) in [5.41, 5.74) is 1.42. The molecule has 2 aromatic carbocycles. The van der Waals surface area contributed by atoms with Crippen LogP contribution in [0.5, 0.6) is 11.5 Å². The van der Waals surface area contributed by atoms with E-state index in [9.17, 15) is 4.79 Å². The smallest absolute Gasteiger partial charge is 0.301 e. The zero-order chi connectivity index (χ0) is 17.2. The van der Waals surface area contributed by atoms with E-state index >= 15 is 0 Å². The molecule has 1 aliphatic heterocycles. The molecule has 7 heteroatoms. The number of fused-ring (bicyclic) bond motifs is 1. The summed E-state index contributed by atoms with van der Waals surface area (Å²) in [4.78, 5) is 12.7. The highest BCUT2D eigenvalue weighted by molar-refractivity contribution is 5.81. The molecule has 0 radical (unpaired) electrons. The third-order valence-corrected chi connectivity index (χ3v) is 3.76. The van der Waals surface area contributed by atoms with Crippen molar-refractivity contribution in [2.24, 2.45) is 5.10 Å². The molecule has 0 atom stereocenters. The molecule has 4 rings (SSSR count). The fraction of sp³-hybridized carbons (Fsp3) is 0.111. The Labute approximate surface area is 143 Å². The lowest BCUT2D eigenvalue weighted by Gasteiger charge is -2.05. The molecule has 124 valence electrons. The van der Waals surface area contributed by atoms with Crippen LogP contribution in [0.25, 0.3) is 11.3 Å². The first-order valence-corrected chi connectivity index (χ1v) is 7.68. The molecule has 0 aliphatic carbocycles. The number of rotatable bonds is 3. The Morgan fingerprint density at radius 1 is 1.08 bits per heavy atom. The molecule has 25 heavy (non-hydrogen) atoms. The van der Waals surface area contributed by atoms with E-state index in [4.69, 9.17) is 9.47 Å². The summed E-state index contributed by atoms with van der Waals surface area (Å²) in [5, 5.41) is 12.3.